The van der Waals surface area contributed by atoms with Gasteiger partial charge in [-0.15, -0.1) is 0 Å². The van der Waals surface area contributed by atoms with Crippen molar-refractivity contribution in [3.63, 3.8) is 0 Å². The van der Waals surface area contributed by atoms with E-state index in [0.29, 0.717) is 5.56 Å². The molecule has 20 heavy (non-hydrogen) atoms. The van der Waals surface area contributed by atoms with Crippen LogP contribution in [0.4, 0.5) is 5.69 Å². The van der Waals surface area contributed by atoms with E-state index in [1.165, 1.54) is 43.5 Å². The number of unbranched alkanes of at least 4 members (excludes halogenated alkanes) is 2. The van der Waals surface area contributed by atoms with Crippen LogP contribution in [-0.4, -0.2) is 16.0 Å². The molecule has 1 aromatic carbocycles. The van der Waals surface area contributed by atoms with Crippen molar-refractivity contribution in [1.29, 1.82) is 0 Å². The van der Waals surface area contributed by atoms with Crippen molar-refractivity contribution in [2.24, 2.45) is 0 Å². The van der Waals surface area contributed by atoms with E-state index >= 15 is 0 Å². The predicted molar refractivity (Wildman–Crippen MR) is 78.8 cm³/mol. The third-order valence-electron chi connectivity index (χ3n) is 2.46. The summed E-state index contributed by atoms with van der Waals surface area (Å²) in [4.78, 5) is 20.0. The second-order valence-electron chi connectivity index (χ2n) is 4.21. The average molecular weight is 279 g/mol. The van der Waals surface area contributed by atoms with Gasteiger partial charge in [0.25, 0.3) is 5.69 Å². The van der Waals surface area contributed by atoms with Crippen LogP contribution in [0.25, 0.3) is 0 Å². The molecule has 5 nitrogen and oxygen atoms in total. The van der Waals surface area contributed by atoms with Crippen LogP contribution in [0.1, 0.15) is 38.7 Å². The van der Waals surface area contributed by atoms with Gasteiger partial charge >= 0.3 is 5.97 Å². The molecule has 0 aromatic heterocycles. The molecule has 0 spiro atoms. The lowest BCUT2D eigenvalue weighted by Gasteiger charge is -1.95. The van der Waals surface area contributed by atoms with Crippen LogP contribution in [0.15, 0.2) is 36.4 Å². The maximum atomic E-state index is 10.3. The molecular formula is C15H21NO4. The zero-order valence-corrected chi connectivity index (χ0v) is 11.9. The zero-order valence-electron chi connectivity index (χ0n) is 11.9. The van der Waals surface area contributed by atoms with Crippen LogP contribution >= 0.6 is 0 Å². The predicted octanol–water partition coefficient (Wildman–Crippen LogP) is 3.97. The molecule has 1 rings (SSSR count). The van der Waals surface area contributed by atoms with Gasteiger partial charge in [0.05, 0.1) is 11.3 Å². The summed E-state index contributed by atoms with van der Waals surface area (Å²) in [7, 11) is 0. The van der Waals surface area contributed by atoms with E-state index in [2.05, 4.69) is 26.0 Å². The van der Waals surface area contributed by atoms with Gasteiger partial charge in [-0.2, -0.15) is 0 Å². The first-order valence-electron chi connectivity index (χ1n) is 6.57. The highest BCUT2D eigenvalue weighted by Crippen LogP contribution is 2.11. The van der Waals surface area contributed by atoms with Gasteiger partial charge in [0.15, 0.2) is 0 Å². The van der Waals surface area contributed by atoms with Crippen molar-refractivity contribution >= 4 is 11.7 Å². The minimum atomic E-state index is -0.950. The Labute approximate surface area is 119 Å². The van der Waals surface area contributed by atoms with Crippen LogP contribution in [0.3, 0.4) is 0 Å². The van der Waals surface area contributed by atoms with E-state index in [-0.39, 0.29) is 12.1 Å². The van der Waals surface area contributed by atoms with E-state index in [4.69, 9.17) is 5.11 Å². The van der Waals surface area contributed by atoms with E-state index in [0.717, 1.165) is 0 Å². The number of aliphatic carboxylic acids is 1. The molecule has 0 bridgehead atoms. The molecule has 0 aliphatic rings. The minimum Gasteiger partial charge on any atom is -0.481 e. The van der Waals surface area contributed by atoms with E-state index in [1.807, 2.05) is 0 Å². The number of nitrogens with zero attached hydrogens (tertiary/aromatic N) is 1. The molecular weight excluding hydrogens is 258 g/mol. The van der Waals surface area contributed by atoms with Crippen molar-refractivity contribution in [2.45, 2.75) is 39.5 Å². The van der Waals surface area contributed by atoms with Crippen molar-refractivity contribution in [1.82, 2.24) is 0 Å². The molecule has 5 heteroatoms. The molecule has 0 aliphatic carbocycles. The second-order valence-corrected chi connectivity index (χ2v) is 4.21. The molecule has 0 saturated heterocycles. The first-order chi connectivity index (χ1) is 9.51. The Morgan fingerprint density at radius 1 is 1.35 bits per heavy atom. The van der Waals surface area contributed by atoms with Crippen molar-refractivity contribution in [2.75, 3.05) is 0 Å². The highest BCUT2D eigenvalue weighted by Gasteiger charge is 2.05. The maximum Gasteiger partial charge on any atom is 0.307 e. The summed E-state index contributed by atoms with van der Waals surface area (Å²) in [6, 6.07) is 5.45. The Hall–Kier alpha value is -2.17. The van der Waals surface area contributed by atoms with Gasteiger partial charge in [0.2, 0.25) is 0 Å². The summed E-state index contributed by atoms with van der Waals surface area (Å²) >= 11 is 0. The van der Waals surface area contributed by atoms with Crippen LogP contribution in [0, 0.1) is 10.1 Å². The van der Waals surface area contributed by atoms with E-state index in [1.54, 1.807) is 0 Å². The normalized spacial score (nSPS) is 9.90. The number of rotatable bonds is 6. The number of non-ortho nitro benzene ring substituents is 1. The number of nitro benzene ring substituents is 1. The minimum absolute atomic E-state index is 0.0332. The number of hydrogen-bond acceptors (Lipinski definition) is 3. The van der Waals surface area contributed by atoms with Gasteiger partial charge in [-0.1, -0.05) is 44.1 Å². The van der Waals surface area contributed by atoms with Gasteiger partial charge in [0, 0.05) is 12.1 Å². The van der Waals surface area contributed by atoms with Crippen LogP contribution < -0.4 is 0 Å². The maximum absolute atomic E-state index is 10.3. The standard InChI is InChI=1S/C8H7NO4.C7H14/c10-8(11)5-6-1-3-7(4-2-6)9(12)13;1-3-5-7-6-4-2/h1-4H,5H2,(H,10,11);3,5H,4,6-7H2,1-2H3. The zero-order chi connectivity index (χ0) is 15.4. The molecule has 0 atom stereocenters. The van der Waals surface area contributed by atoms with E-state index < -0.39 is 10.9 Å². The summed E-state index contributed by atoms with van der Waals surface area (Å²) < 4.78 is 0. The number of allylic oxidation sites excluding steroid dienone is 2. The molecule has 0 radical (unpaired) electrons. The lowest BCUT2D eigenvalue weighted by molar-refractivity contribution is -0.384. The molecule has 1 aromatic rings. The Balaban J connectivity index is 0.000000441. The second kappa shape index (κ2) is 10.7. The van der Waals surface area contributed by atoms with Gasteiger partial charge < -0.3 is 5.11 Å². The third-order valence-corrected chi connectivity index (χ3v) is 2.46. The number of carboxylic acids is 1. The third kappa shape index (κ3) is 8.85. The highest BCUT2D eigenvalue weighted by molar-refractivity contribution is 5.70. The first kappa shape index (κ1) is 17.8. The molecule has 1 N–H and O–H groups in total. The number of benzene rings is 1. The van der Waals surface area contributed by atoms with Crippen LogP contribution in [-0.2, 0) is 11.2 Å². The largest absolute Gasteiger partial charge is 0.481 e. The number of hydrogen-bond donors (Lipinski definition) is 1. The quantitative estimate of drug-likeness (QED) is 0.369. The average Bonchev–Trinajstić information content (AvgIpc) is 2.40. The number of nitro groups is 1. The summed E-state index contributed by atoms with van der Waals surface area (Å²) in [5.74, 6) is -0.950. The summed E-state index contributed by atoms with van der Waals surface area (Å²) in [5.41, 5.74) is 0.521. The molecule has 0 amide bonds. The molecule has 0 aliphatic heterocycles. The lowest BCUT2D eigenvalue weighted by atomic mass is 10.1. The fourth-order valence-corrected chi connectivity index (χ4v) is 1.40. The summed E-state index contributed by atoms with van der Waals surface area (Å²) in [5, 5.41) is 18.6. The smallest absolute Gasteiger partial charge is 0.307 e. The molecule has 0 heterocycles. The molecule has 0 saturated carbocycles. The summed E-state index contributed by atoms with van der Waals surface area (Å²) in [6.45, 7) is 4.28. The molecule has 110 valence electrons. The fraction of sp³-hybridized carbons (Fsp3) is 0.400. The highest BCUT2D eigenvalue weighted by atomic mass is 16.6. The van der Waals surface area contributed by atoms with Crippen LogP contribution in [0.2, 0.25) is 0 Å². The van der Waals surface area contributed by atoms with Crippen molar-refractivity contribution in [3.05, 3.63) is 52.1 Å². The topological polar surface area (TPSA) is 80.4 Å². The van der Waals surface area contributed by atoms with Gasteiger partial charge in [-0.05, 0) is 18.9 Å². The van der Waals surface area contributed by atoms with Crippen molar-refractivity contribution in [3.8, 4) is 0 Å². The van der Waals surface area contributed by atoms with Gasteiger partial charge in [0.1, 0.15) is 0 Å². The Bertz CT molecular complexity index is 438. The Morgan fingerprint density at radius 3 is 2.35 bits per heavy atom. The van der Waals surface area contributed by atoms with Crippen LogP contribution in [0.5, 0.6) is 0 Å². The Morgan fingerprint density at radius 2 is 1.95 bits per heavy atom. The molecule has 0 fully saturated rings. The molecule has 0 unspecified atom stereocenters. The SMILES string of the molecule is CC=CCCCC.O=C(O)Cc1ccc([N+](=O)[O-])cc1. The van der Waals surface area contributed by atoms with Gasteiger partial charge in [-0.3, -0.25) is 14.9 Å². The summed E-state index contributed by atoms with van der Waals surface area (Å²) in [6.07, 6.45) is 8.11. The first-order valence-corrected chi connectivity index (χ1v) is 6.57. The lowest BCUT2D eigenvalue weighted by Crippen LogP contribution is -1.99. The fourth-order valence-electron chi connectivity index (χ4n) is 1.40. The Kier molecular flexibility index (Phi) is 9.56. The van der Waals surface area contributed by atoms with E-state index in [9.17, 15) is 14.9 Å². The van der Waals surface area contributed by atoms with Crippen molar-refractivity contribution < 1.29 is 14.8 Å². The van der Waals surface area contributed by atoms with Gasteiger partial charge in [-0.25, -0.2) is 0 Å². The number of carboxylic acid groups (broad SMARTS) is 1. The monoisotopic (exact) mass is 279 g/mol. The number of carbonyl (C=O) groups is 1.